The first kappa shape index (κ1) is 13.3. The molecule has 0 radical (unpaired) electrons. The van der Waals surface area contributed by atoms with Crippen LogP contribution in [0.1, 0.15) is 57.3 Å². The van der Waals surface area contributed by atoms with Gasteiger partial charge in [-0.3, -0.25) is 0 Å². The molecule has 1 aliphatic carbocycles. The van der Waals surface area contributed by atoms with Gasteiger partial charge in [-0.1, -0.05) is 13.3 Å². The Kier molecular flexibility index (Phi) is 3.21. The number of piperidine rings is 1. The first-order valence-corrected chi connectivity index (χ1v) is 8.38. The van der Waals surface area contributed by atoms with E-state index in [4.69, 9.17) is 4.98 Å². The molecule has 1 saturated carbocycles. The lowest BCUT2D eigenvalue weighted by atomic mass is 9.76. The maximum absolute atomic E-state index is 5.05. The maximum atomic E-state index is 5.05. The van der Waals surface area contributed by atoms with Gasteiger partial charge in [0.15, 0.2) is 5.65 Å². The van der Waals surface area contributed by atoms with Crippen LogP contribution in [0.5, 0.6) is 0 Å². The smallest absolute Gasteiger partial charge is 0.160 e. The van der Waals surface area contributed by atoms with Crippen molar-refractivity contribution >= 4 is 11.2 Å². The minimum absolute atomic E-state index is 0.205. The molecule has 0 aromatic carbocycles. The van der Waals surface area contributed by atoms with Crippen molar-refractivity contribution in [1.82, 2.24) is 19.9 Å². The Morgan fingerprint density at radius 3 is 3.05 bits per heavy atom. The van der Waals surface area contributed by atoms with Crippen molar-refractivity contribution in [3.05, 3.63) is 24.2 Å². The van der Waals surface area contributed by atoms with Crippen LogP contribution in [-0.4, -0.2) is 27.6 Å². The molecule has 0 bridgehead atoms. The first-order chi connectivity index (χ1) is 10.3. The Hall–Kier alpha value is -1.42. The summed E-state index contributed by atoms with van der Waals surface area (Å²) in [5.41, 5.74) is 2.37. The summed E-state index contributed by atoms with van der Waals surface area (Å²) < 4.78 is 2.47. The molecule has 4 heteroatoms. The molecular formula is C17H24N4. The fourth-order valence-corrected chi connectivity index (χ4v) is 3.94. The maximum Gasteiger partial charge on any atom is 0.160 e. The van der Waals surface area contributed by atoms with Crippen LogP contribution in [0.3, 0.4) is 0 Å². The second kappa shape index (κ2) is 5.09. The Morgan fingerprint density at radius 2 is 2.33 bits per heavy atom. The first-order valence-electron chi connectivity index (χ1n) is 8.38. The number of hydrogen-bond donors (Lipinski definition) is 1. The average molecular weight is 284 g/mol. The van der Waals surface area contributed by atoms with Crippen molar-refractivity contribution in [3.8, 4) is 0 Å². The third-order valence-corrected chi connectivity index (χ3v) is 5.04. The third-order valence-electron chi connectivity index (χ3n) is 5.04. The van der Waals surface area contributed by atoms with Gasteiger partial charge in [0.1, 0.15) is 11.3 Å². The predicted molar refractivity (Wildman–Crippen MR) is 84.5 cm³/mol. The second-order valence-corrected chi connectivity index (χ2v) is 6.69. The number of hydrogen-bond acceptors (Lipinski definition) is 3. The van der Waals surface area contributed by atoms with Crippen molar-refractivity contribution in [3.63, 3.8) is 0 Å². The molecule has 2 aliphatic rings. The molecule has 4 rings (SSSR count). The molecule has 1 unspecified atom stereocenters. The van der Waals surface area contributed by atoms with Crippen molar-refractivity contribution in [1.29, 1.82) is 0 Å². The fourth-order valence-electron chi connectivity index (χ4n) is 3.94. The van der Waals surface area contributed by atoms with Gasteiger partial charge < -0.3 is 9.88 Å². The summed E-state index contributed by atoms with van der Waals surface area (Å²) in [7, 11) is 0. The molecule has 2 fully saturated rings. The molecule has 2 aromatic rings. The number of imidazole rings is 1. The highest BCUT2D eigenvalue weighted by molar-refractivity contribution is 5.72. The zero-order valence-corrected chi connectivity index (χ0v) is 12.8. The number of nitrogens with zero attached hydrogens (tertiary/aromatic N) is 3. The van der Waals surface area contributed by atoms with Crippen LogP contribution in [0.4, 0.5) is 0 Å². The van der Waals surface area contributed by atoms with E-state index in [1.165, 1.54) is 44.3 Å². The lowest BCUT2D eigenvalue weighted by molar-refractivity contribution is 0.268. The molecule has 4 nitrogen and oxygen atoms in total. The largest absolute Gasteiger partial charge is 0.316 e. The molecule has 1 saturated heterocycles. The van der Waals surface area contributed by atoms with Crippen LogP contribution < -0.4 is 5.32 Å². The Balaban J connectivity index is 1.89. The average Bonchev–Trinajstić information content (AvgIpc) is 3.28. The van der Waals surface area contributed by atoms with Crippen LogP contribution in [0, 0.1) is 0 Å². The summed E-state index contributed by atoms with van der Waals surface area (Å²) in [5, 5.41) is 3.62. The molecule has 1 atom stereocenters. The van der Waals surface area contributed by atoms with Gasteiger partial charge in [0.2, 0.25) is 0 Å². The van der Waals surface area contributed by atoms with E-state index in [1.54, 1.807) is 0 Å². The Morgan fingerprint density at radius 1 is 1.43 bits per heavy atom. The summed E-state index contributed by atoms with van der Waals surface area (Å²) in [5.74, 6) is 1.30. The van der Waals surface area contributed by atoms with E-state index in [1.807, 2.05) is 12.3 Å². The predicted octanol–water partition coefficient (Wildman–Crippen LogP) is 3.19. The molecule has 21 heavy (non-hydrogen) atoms. The molecule has 112 valence electrons. The Labute approximate surface area is 126 Å². The van der Waals surface area contributed by atoms with E-state index in [2.05, 4.69) is 27.9 Å². The quantitative estimate of drug-likeness (QED) is 0.937. The lowest BCUT2D eigenvalue weighted by Gasteiger charge is -2.37. The molecular weight excluding hydrogens is 260 g/mol. The van der Waals surface area contributed by atoms with Crippen molar-refractivity contribution in [2.24, 2.45) is 0 Å². The highest BCUT2D eigenvalue weighted by Crippen LogP contribution is 2.44. The number of fused-ring (bicyclic) bond motifs is 1. The summed E-state index contributed by atoms with van der Waals surface area (Å²) in [6.07, 6.45) is 9.40. The topological polar surface area (TPSA) is 42.7 Å². The van der Waals surface area contributed by atoms with E-state index < -0.39 is 0 Å². The molecule has 3 heterocycles. The zero-order valence-electron chi connectivity index (χ0n) is 12.8. The van der Waals surface area contributed by atoms with Crippen LogP contribution >= 0.6 is 0 Å². The van der Waals surface area contributed by atoms with Crippen LogP contribution in [-0.2, 0) is 5.41 Å². The van der Waals surface area contributed by atoms with E-state index in [9.17, 15) is 0 Å². The van der Waals surface area contributed by atoms with Gasteiger partial charge in [-0.05, 0) is 50.8 Å². The summed E-state index contributed by atoms with van der Waals surface area (Å²) in [4.78, 5) is 9.68. The van der Waals surface area contributed by atoms with Gasteiger partial charge in [0.05, 0.1) is 0 Å². The second-order valence-electron chi connectivity index (χ2n) is 6.69. The van der Waals surface area contributed by atoms with E-state index in [0.29, 0.717) is 6.04 Å². The molecule has 0 amide bonds. The van der Waals surface area contributed by atoms with Gasteiger partial charge in [-0.2, -0.15) is 0 Å². The fraction of sp³-hybridized carbons (Fsp3) is 0.647. The molecule has 0 spiro atoms. The van der Waals surface area contributed by atoms with Crippen LogP contribution in [0.2, 0.25) is 0 Å². The van der Waals surface area contributed by atoms with Gasteiger partial charge in [-0.15, -0.1) is 0 Å². The summed E-state index contributed by atoms with van der Waals surface area (Å²) in [6, 6.07) is 4.75. The van der Waals surface area contributed by atoms with E-state index >= 15 is 0 Å². The van der Waals surface area contributed by atoms with E-state index in [-0.39, 0.29) is 5.41 Å². The third kappa shape index (κ3) is 2.16. The van der Waals surface area contributed by atoms with E-state index in [0.717, 1.165) is 24.3 Å². The highest BCUT2D eigenvalue weighted by Gasteiger charge is 2.41. The van der Waals surface area contributed by atoms with Gasteiger partial charge in [0.25, 0.3) is 0 Å². The highest BCUT2D eigenvalue weighted by atomic mass is 15.2. The normalized spacial score (nSPS) is 26.3. The number of pyridine rings is 1. The minimum atomic E-state index is 0.205. The molecule has 2 aromatic heterocycles. The summed E-state index contributed by atoms with van der Waals surface area (Å²) in [6.45, 7) is 4.50. The number of rotatable bonds is 4. The summed E-state index contributed by atoms with van der Waals surface area (Å²) >= 11 is 0. The van der Waals surface area contributed by atoms with Crippen molar-refractivity contribution in [2.75, 3.05) is 13.1 Å². The number of nitrogens with one attached hydrogen (secondary N) is 1. The van der Waals surface area contributed by atoms with Gasteiger partial charge >= 0.3 is 0 Å². The molecule has 1 aliphatic heterocycles. The monoisotopic (exact) mass is 284 g/mol. The molecule has 1 N–H and O–H groups in total. The van der Waals surface area contributed by atoms with Crippen LogP contribution in [0.25, 0.3) is 11.2 Å². The zero-order chi connectivity index (χ0) is 14.3. The Bertz CT molecular complexity index is 630. The van der Waals surface area contributed by atoms with Gasteiger partial charge in [0, 0.05) is 24.2 Å². The van der Waals surface area contributed by atoms with Gasteiger partial charge in [-0.25, -0.2) is 9.97 Å². The van der Waals surface area contributed by atoms with Crippen molar-refractivity contribution in [2.45, 2.75) is 56.9 Å². The standard InChI is InChI=1S/C17H24N4/c1-2-8-17(9-4-10-18-12-17)16-20-14-5-3-11-19-15(14)21(16)13-6-7-13/h3,5,11,13,18H,2,4,6-10,12H2,1H3. The van der Waals surface area contributed by atoms with Crippen molar-refractivity contribution < 1.29 is 0 Å². The number of aromatic nitrogens is 3. The van der Waals surface area contributed by atoms with Crippen LogP contribution in [0.15, 0.2) is 18.3 Å². The minimum Gasteiger partial charge on any atom is -0.316 e. The lowest BCUT2D eigenvalue weighted by Crippen LogP contribution is -2.45. The SMILES string of the molecule is CCCC1(c2nc3cccnc3n2C2CC2)CCCNC1.